The number of unbranched alkanes of at least 4 members (excludes halogenated alkanes) is 1. The molecule has 0 saturated carbocycles. The zero-order chi connectivity index (χ0) is 14.9. The number of nitrogens with two attached hydrogens (primary N) is 1. The fraction of sp³-hybridized carbons (Fsp3) is 0.818. The number of amides is 1. The van der Waals surface area contributed by atoms with Crippen molar-refractivity contribution in [2.45, 2.75) is 44.6 Å². The van der Waals surface area contributed by atoms with Crippen LogP contribution in [0.2, 0.25) is 0 Å². The molecule has 0 bridgehead atoms. The van der Waals surface area contributed by atoms with Crippen LogP contribution in [0.25, 0.3) is 0 Å². The van der Waals surface area contributed by atoms with Crippen molar-refractivity contribution >= 4 is 12.1 Å². The topological polar surface area (TPSA) is 102 Å². The number of ether oxygens (including phenoxy) is 1. The van der Waals surface area contributed by atoms with E-state index in [4.69, 9.17) is 15.6 Å². The van der Waals surface area contributed by atoms with Gasteiger partial charge in [-0.25, -0.2) is 18.4 Å². The van der Waals surface area contributed by atoms with Gasteiger partial charge >= 0.3 is 12.1 Å². The molecule has 0 rings (SSSR count). The van der Waals surface area contributed by atoms with E-state index in [1.54, 1.807) is 0 Å². The monoisotopic (exact) mass is 282 g/mol. The van der Waals surface area contributed by atoms with E-state index in [2.05, 4.69) is 5.32 Å². The molecule has 1 atom stereocenters. The molecule has 4 N–H and O–H groups in total. The number of alkyl halides is 2. The molecule has 0 fully saturated rings. The summed E-state index contributed by atoms with van der Waals surface area (Å²) in [6.07, 6.45) is -2.60. The van der Waals surface area contributed by atoms with E-state index in [9.17, 15) is 18.4 Å². The van der Waals surface area contributed by atoms with Crippen LogP contribution >= 0.6 is 0 Å². The summed E-state index contributed by atoms with van der Waals surface area (Å²) in [5.74, 6) is -1.76. The lowest BCUT2D eigenvalue weighted by Gasteiger charge is -2.23. The molecule has 0 spiro atoms. The van der Waals surface area contributed by atoms with Gasteiger partial charge in [-0.2, -0.15) is 0 Å². The zero-order valence-electron chi connectivity index (χ0n) is 10.8. The summed E-state index contributed by atoms with van der Waals surface area (Å²) >= 11 is 0. The average molecular weight is 282 g/mol. The van der Waals surface area contributed by atoms with Crippen molar-refractivity contribution in [2.75, 3.05) is 13.2 Å². The number of alkyl carbamates (subject to hydrolysis) is 1. The molecule has 112 valence electrons. The lowest BCUT2D eigenvalue weighted by Crippen LogP contribution is -2.54. The Morgan fingerprint density at radius 2 is 2.05 bits per heavy atom. The molecule has 0 radical (unpaired) electrons. The highest BCUT2D eigenvalue weighted by Crippen LogP contribution is 2.19. The predicted molar refractivity (Wildman–Crippen MR) is 64.1 cm³/mol. The second kappa shape index (κ2) is 8.63. The van der Waals surface area contributed by atoms with Gasteiger partial charge in [0, 0.05) is 6.54 Å². The molecular formula is C11H20F2N2O4. The quantitative estimate of drug-likeness (QED) is 0.554. The molecule has 0 aromatic rings. The lowest BCUT2D eigenvalue weighted by atomic mass is 9.95. The summed E-state index contributed by atoms with van der Waals surface area (Å²) in [5.41, 5.74) is 2.53. The lowest BCUT2D eigenvalue weighted by molar-refractivity contribution is -0.150. The molecule has 0 aliphatic heterocycles. The minimum Gasteiger partial charge on any atom is -0.480 e. The van der Waals surface area contributed by atoms with Crippen LogP contribution in [0.5, 0.6) is 0 Å². The maximum absolute atomic E-state index is 12.5. The van der Waals surface area contributed by atoms with E-state index in [0.29, 0.717) is 0 Å². The standard InChI is InChI=1S/C11H20F2N2O4/c1-2-3-7-19-10(18)15-6-4-5-11(14,8(12)13)9(16)17/h8H,2-7,14H2,1H3,(H,15,18)(H,16,17). The van der Waals surface area contributed by atoms with Gasteiger partial charge in [0.25, 0.3) is 6.43 Å². The molecule has 6 nitrogen and oxygen atoms in total. The molecule has 0 aromatic heterocycles. The first kappa shape index (κ1) is 17.6. The fourth-order valence-electron chi connectivity index (χ4n) is 1.24. The van der Waals surface area contributed by atoms with Gasteiger partial charge in [0.1, 0.15) is 0 Å². The summed E-state index contributed by atoms with van der Waals surface area (Å²) in [5, 5.41) is 11.0. The highest BCUT2D eigenvalue weighted by Gasteiger charge is 2.43. The van der Waals surface area contributed by atoms with Gasteiger partial charge in [-0.3, -0.25) is 0 Å². The SMILES string of the molecule is CCCCOC(=O)NCCCC(N)(C(=O)O)C(F)F. The molecule has 0 heterocycles. The Hall–Kier alpha value is -1.44. The van der Waals surface area contributed by atoms with E-state index in [-0.39, 0.29) is 19.6 Å². The summed E-state index contributed by atoms with van der Waals surface area (Å²) < 4.78 is 29.8. The summed E-state index contributed by atoms with van der Waals surface area (Å²) in [6.45, 7) is 2.26. The van der Waals surface area contributed by atoms with Crippen LogP contribution in [0.4, 0.5) is 13.6 Å². The summed E-state index contributed by atoms with van der Waals surface area (Å²) in [7, 11) is 0. The first-order valence-electron chi connectivity index (χ1n) is 6.05. The Labute approximate surface area is 110 Å². The molecular weight excluding hydrogens is 262 g/mol. The number of hydrogen-bond acceptors (Lipinski definition) is 4. The number of hydrogen-bond donors (Lipinski definition) is 3. The largest absolute Gasteiger partial charge is 0.480 e. The first-order chi connectivity index (χ1) is 8.84. The molecule has 0 saturated heterocycles. The number of rotatable bonds is 9. The summed E-state index contributed by atoms with van der Waals surface area (Å²) in [6, 6.07) is 0. The Bertz CT molecular complexity index is 302. The summed E-state index contributed by atoms with van der Waals surface area (Å²) in [4.78, 5) is 21.7. The van der Waals surface area contributed by atoms with Crippen LogP contribution in [0.15, 0.2) is 0 Å². The predicted octanol–water partition coefficient (Wildman–Crippen LogP) is 1.34. The number of carboxylic acid groups (broad SMARTS) is 1. The smallest absolute Gasteiger partial charge is 0.407 e. The Morgan fingerprint density at radius 1 is 1.42 bits per heavy atom. The van der Waals surface area contributed by atoms with Crippen molar-refractivity contribution in [1.29, 1.82) is 0 Å². The zero-order valence-corrected chi connectivity index (χ0v) is 10.8. The highest BCUT2D eigenvalue weighted by molar-refractivity contribution is 5.79. The fourth-order valence-corrected chi connectivity index (χ4v) is 1.24. The second-order valence-corrected chi connectivity index (χ2v) is 4.17. The van der Waals surface area contributed by atoms with Crippen molar-refractivity contribution in [3.63, 3.8) is 0 Å². The Kier molecular flexibility index (Phi) is 7.97. The van der Waals surface area contributed by atoms with Crippen LogP contribution in [-0.2, 0) is 9.53 Å². The third kappa shape index (κ3) is 6.32. The maximum atomic E-state index is 12.5. The van der Waals surface area contributed by atoms with Gasteiger partial charge in [-0.1, -0.05) is 13.3 Å². The van der Waals surface area contributed by atoms with Crippen LogP contribution in [0.1, 0.15) is 32.6 Å². The molecule has 8 heteroatoms. The van der Waals surface area contributed by atoms with E-state index in [1.165, 1.54) is 0 Å². The minimum atomic E-state index is -3.17. The number of carbonyl (C=O) groups excluding carboxylic acids is 1. The molecule has 19 heavy (non-hydrogen) atoms. The van der Waals surface area contributed by atoms with E-state index < -0.39 is 30.4 Å². The Balaban J connectivity index is 3.90. The van der Waals surface area contributed by atoms with Gasteiger partial charge in [0.15, 0.2) is 5.54 Å². The second-order valence-electron chi connectivity index (χ2n) is 4.17. The molecule has 0 aromatic carbocycles. The van der Waals surface area contributed by atoms with Gasteiger partial charge < -0.3 is 20.9 Å². The first-order valence-corrected chi connectivity index (χ1v) is 6.05. The molecule has 1 unspecified atom stereocenters. The normalized spacial score (nSPS) is 13.9. The Morgan fingerprint density at radius 3 is 2.53 bits per heavy atom. The minimum absolute atomic E-state index is 0.0238. The van der Waals surface area contributed by atoms with E-state index >= 15 is 0 Å². The number of aliphatic carboxylic acids is 1. The van der Waals surface area contributed by atoms with Crippen molar-refractivity contribution < 1.29 is 28.2 Å². The van der Waals surface area contributed by atoms with Crippen LogP contribution < -0.4 is 11.1 Å². The van der Waals surface area contributed by atoms with Crippen LogP contribution in [-0.4, -0.2) is 42.3 Å². The van der Waals surface area contributed by atoms with Crippen molar-refractivity contribution in [3.05, 3.63) is 0 Å². The van der Waals surface area contributed by atoms with Gasteiger partial charge in [0.2, 0.25) is 0 Å². The van der Waals surface area contributed by atoms with Crippen LogP contribution in [0.3, 0.4) is 0 Å². The third-order valence-corrected chi connectivity index (χ3v) is 2.56. The van der Waals surface area contributed by atoms with Gasteiger partial charge in [0.05, 0.1) is 6.61 Å². The van der Waals surface area contributed by atoms with Crippen LogP contribution in [0, 0.1) is 0 Å². The maximum Gasteiger partial charge on any atom is 0.407 e. The van der Waals surface area contributed by atoms with Gasteiger partial charge in [-0.05, 0) is 19.3 Å². The highest BCUT2D eigenvalue weighted by atomic mass is 19.3. The third-order valence-electron chi connectivity index (χ3n) is 2.56. The molecule has 0 aliphatic rings. The van der Waals surface area contributed by atoms with E-state index in [0.717, 1.165) is 12.8 Å². The molecule has 1 amide bonds. The number of nitrogens with one attached hydrogen (secondary N) is 1. The van der Waals surface area contributed by atoms with Gasteiger partial charge in [-0.15, -0.1) is 0 Å². The number of carbonyl (C=O) groups is 2. The molecule has 0 aliphatic carbocycles. The van der Waals surface area contributed by atoms with Crippen molar-refractivity contribution in [3.8, 4) is 0 Å². The van der Waals surface area contributed by atoms with Crippen molar-refractivity contribution in [1.82, 2.24) is 5.32 Å². The average Bonchev–Trinajstić information content (AvgIpc) is 2.34. The number of carboxylic acids is 1. The van der Waals surface area contributed by atoms with E-state index in [1.807, 2.05) is 6.92 Å². The van der Waals surface area contributed by atoms with Crippen molar-refractivity contribution in [2.24, 2.45) is 5.73 Å². The number of halogens is 2.